The molecular weight excluding hydrogens is 292 g/mol. The molecule has 0 fully saturated rings. The molecule has 0 saturated carbocycles. The Labute approximate surface area is 129 Å². The van der Waals surface area contributed by atoms with Gasteiger partial charge in [-0.3, -0.25) is 0 Å². The van der Waals surface area contributed by atoms with Crippen LogP contribution in [0.4, 0.5) is 0 Å². The summed E-state index contributed by atoms with van der Waals surface area (Å²) in [6.45, 7) is 7.07. The third-order valence-electron chi connectivity index (χ3n) is 3.25. The van der Waals surface area contributed by atoms with E-state index < -0.39 is 0 Å². The van der Waals surface area contributed by atoms with E-state index in [1.54, 1.807) is 7.11 Å². The molecule has 3 nitrogen and oxygen atoms in total. The lowest BCUT2D eigenvalue weighted by Crippen LogP contribution is -2.18. The fourth-order valence-electron chi connectivity index (χ4n) is 2.22. The van der Waals surface area contributed by atoms with Gasteiger partial charge in [-0.2, -0.15) is 0 Å². The molecule has 1 aromatic heterocycles. The smallest absolute Gasteiger partial charge is 0.177 e. The maximum absolute atomic E-state index is 6.31. The molecule has 0 aliphatic rings. The Bertz CT molecular complexity index is 667. The Kier molecular flexibility index (Phi) is 4.25. The molecule has 2 rings (SSSR count). The van der Waals surface area contributed by atoms with E-state index in [0.717, 1.165) is 17.0 Å². The van der Waals surface area contributed by atoms with Gasteiger partial charge in [0, 0.05) is 27.9 Å². The van der Waals surface area contributed by atoms with Crippen LogP contribution in [0.15, 0.2) is 24.4 Å². The molecule has 0 saturated heterocycles. The average molecular weight is 311 g/mol. The maximum atomic E-state index is 6.31. The van der Waals surface area contributed by atoms with E-state index in [2.05, 4.69) is 30.3 Å². The van der Waals surface area contributed by atoms with Crippen molar-refractivity contribution >= 4 is 23.8 Å². The summed E-state index contributed by atoms with van der Waals surface area (Å²) < 4.78 is 8.16. The normalized spacial score (nSPS) is 11.7. The summed E-state index contributed by atoms with van der Waals surface area (Å²) >= 11 is 11.7. The minimum Gasteiger partial charge on any atom is -0.496 e. The molecule has 1 N–H and O–H groups in total. The summed E-state index contributed by atoms with van der Waals surface area (Å²) in [6, 6.07) is 5.66. The molecule has 0 radical (unpaired) electrons. The zero-order valence-corrected chi connectivity index (χ0v) is 13.7. The van der Waals surface area contributed by atoms with Crippen LogP contribution in [0.2, 0.25) is 5.02 Å². The number of methoxy groups -OCH3 is 1. The largest absolute Gasteiger partial charge is 0.496 e. The third kappa shape index (κ3) is 2.91. The lowest BCUT2D eigenvalue weighted by Gasteiger charge is -2.21. The number of aromatic amines is 1. The van der Waals surface area contributed by atoms with Crippen molar-refractivity contribution in [3.8, 4) is 5.75 Å². The van der Waals surface area contributed by atoms with Gasteiger partial charge in [-0.05, 0) is 24.4 Å². The topological polar surface area (TPSA) is 29.9 Å². The number of aromatic nitrogens is 2. The standard InChI is InChI=1S/C15H19ClN2OS/c1-15(2,3)13-8-17-14(20)18(13)9-10-11(16)6-5-7-12(10)19-4/h5-8H,9H2,1-4H3,(H,17,20). The second-order valence-electron chi connectivity index (χ2n) is 5.74. The molecule has 0 aliphatic heterocycles. The summed E-state index contributed by atoms with van der Waals surface area (Å²) in [6.07, 6.45) is 1.96. The maximum Gasteiger partial charge on any atom is 0.177 e. The summed E-state index contributed by atoms with van der Waals surface area (Å²) in [5.74, 6) is 0.778. The molecule has 0 spiro atoms. The predicted octanol–water partition coefficient (Wildman–Crippen LogP) is 4.55. The van der Waals surface area contributed by atoms with Gasteiger partial charge in [-0.1, -0.05) is 38.4 Å². The van der Waals surface area contributed by atoms with Crippen LogP contribution < -0.4 is 4.74 Å². The highest BCUT2D eigenvalue weighted by Gasteiger charge is 2.20. The Morgan fingerprint density at radius 3 is 2.65 bits per heavy atom. The quantitative estimate of drug-likeness (QED) is 0.843. The van der Waals surface area contributed by atoms with Crippen LogP contribution in [0.3, 0.4) is 0 Å². The lowest BCUT2D eigenvalue weighted by molar-refractivity contribution is 0.407. The van der Waals surface area contributed by atoms with Gasteiger partial charge < -0.3 is 14.3 Å². The SMILES string of the molecule is COc1cccc(Cl)c1Cn1c(C(C)(C)C)c[nH]c1=S. The number of nitrogens with zero attached hydrogens (tertiary/aromatic N) is 1. The van der Waals surface area contributed by atoms with Gasteiger partial charge in [-0.25, -0.2) is 0 Å². The minimum absolute atomic E-state index is 0.00204. The highest BCUT2D eigenvalue weighted by Crippen LogP contribution is 2.29. The number of nitrogens with one attached hydrogen (secondary N) is 1. The highest BCUT2D eigenvalue weighted by molar-refractivity contribution is 7.71. The van der Waals surface area contributed by atoms with Crippen molar-refractivity contribution < 1.29 is 4.74 Å². The molecule has 1 heterocycles. The van der Waals surface area contributed by atoms with Gasteiger partial charge in [0.25, 0.3) is 0 Å². The molecule has 5 heteroatoms. The fraction of sp³-hybridized carbons (Fsp3) is 0.400. The van der Waals surface area contributed by atoms with Crippen LogP contribution in [0.1, 0.15) is 32.0 Å². The summed E-state index contributed by atoms with van der Waals surface area (Å²) in [5, 5.41) is 0.687. The van der Waals surface area contributed by atoms with E-state index in [4.69, 9.17) is 28.6 Å². The van der Waals surface area contributed by atoms with E-state index in [9.17, 15) is 0 Å². The van der Waals surface area contributed by atoms with Gasteiger partial charge in [0.15, 0.2) is 4.77 Å². The van der Waals surface area contributed by atoms with E-state index in [1.165, 1.54) is 0 Å². The summed E-state index contributed by atoms with van der Waals surface area (Å²) in [4.78, 5) is 3.11. The minimum atomic E-state index is 0.00204. The van der Waals surface area contributed by atoms with Crippen LogP contribution in [0.5, 0.6) is 5.75 Å². The number of H-pyrrole nitrogens is 1. The summed E-state index contributed by atoms with van der Waals surface area (Å²) in [7, 11) is 1.65. The fourth-order valence-corrected chi connectivity index (χ4v) is 2.66. The molecule has 108 valence electrons. The molecule has 2 aromatic rings. The number of rotatable bonds is 3. The number of benzene rings is 1. The lowest BCUT2D eigenvalue weighted by atomic mass is 9.92. The van der Waals surface area contributed by atoms with Gasteiger partial charge in [-0.15, -0.1) is 0 Å². The van der Waals surface area contributed by atoms with Crippen molar-refractivity contribution in [3.63, 3.8) is 0 Å². The van der Waals surface area contributed by atoms with Crippen molar-refractivity contribution in [1.29, 1.82) is 0 Å². The first-order valence-corrected chi connectivity index (χ1v) is 7.23. The zero-order chi connectivity index (χ0) is 14.9. The van der Waals surface area contributed by atoms with Gasteiger partial charge in [0.05, 0.1) is 13.7 Å². The van der Waals surface area contributed by atoms with Crippen LogP contribution in [0.25, 0.3) is 0 Å². The average Bonchev–Trinajstić information content (AvgIpc) is 2.73. The second-order valence-corrected chi connectivity index (χ2v) is 6.53. The van der Waals surface area contributed by atoms with Gasteiger partial charge >= 0.3 is 0 Å². The van der Waals surface area contributed by atoms with E-state index in [0.29, 0.717) is 16.3 Å². The Morgan fingerprint density at radius 2 is 2.05 bits per heavy atom. The first-order valence-electron chi connectivity index (χ1n) is 6.44. The molecule has 20 heavy (non-hydrogen) atoms. The van der Waals surface area contributed by atoms with Crippen molar-refractivity contribution in [1.82, 2.24) is 9.55 Å². The Morgan fingerprint density at radius 1 is 1.35 bits per heavy atom. The number of hydrogen-bond acceptors (Lipinski definition) is 2. The third-order valence-corrected chi connectivity index (χ3v) is 3.94. The van der Waals surface area contributed by atoms with Gasteiger partial charge in [0.1, 0.15) is 5.75 Å². The molecule has 0 amide bonds. The number of hydrogen-bond donors (Lipinski definition) is 1. The second kappa shape index (κ2) is 5.62. The van der Waals surface area contributed by atoms with Crippen molar-refractivity contribution in [2.75, 3.05) is 7.11 Å². The van der Waals surface area contributed by atoms with Crippen LogP contribution in [-0.2, 0) is 12.0 Å². The zero-order valence-electron chi connectivity index (χ0n) is 12.2. The van der Waals surface area contributed by atoms with Crippen LogP contribution >= 0.6 is 23.8 Å². The van der Waals surface area contributed by atoms with Crippen LogP contribution in [-0.4, -0.2) is 16.7 Å². The Balaban J connectivity index is 2.51. The van der Waals surface area contributed by atoms with E-state index in [1.807, 2.05) is 24.4 Å². The van der Waals surface area contributed by atoms with Crippen molar-refractivity contribution in [2.45, 2.75) is 32.7 Å². The number of imidazole rings is 1. The molecule has 0 bridgehead atoms. The Hall–Kier alpha value is -1.26. The number of ether oxygens (including phenoxy) is 1. The van der Waals surface area contributed by atoms with Crippen LogP contribution in [0, 0.1) is 4.77 Å². The van der Waals surface area contributed by atoms with E-state index >= 15 is 0 Å². The number of halogens is 1. The highest BCUT2D eigenvalue weighted by atomic mass is 35.5. The molecule has 1 aromatic carbocycles. The first kappa shape index (κ1) is 15.1. The molecule has 0 atom stereocenters. The first-order chi connectivity index (χ1) is 9.34. The van der Waals surface area contributed by atoms with E-state index in [-0.39, 0.29) is 5.41 Å². The van der Waals surface area contributed by atoms with Gasteiger partial charge in [0.2, 0.25) is 0 Å². The van der Waals surface area contributed by atoms with Crippen molar-refractivity contribution in [3.05, 3.63) is 45.4 Å². The monoisotopic (exact) mass is 310 g/mol. The molecular formula is C15H19ClN2OS. The predicted molar refractivity (Wildman–Crippen MR) is 85.4 cm³/mol. The summed E-state index contributed by atoms with van der Waals surface area (Å²) in [5.41, 5.74) is 2.09. The van der Waals surface area contributed by atoms with Crippen molar-refractivity contribution in [2.24, 2.45) is 0 Å². The molecule has 0 unspecified atom stereocenters. The molecule has 0 aliphatic carbocycles.